The van der Waals surface area contributed by atoms with Gasteiger partial charge in [0, 0.05) is 25.0 Å². The van der Waals surface area contributed by atoms with Crippen LogP contribution >= 0.6 is 11.3 Å². The average molecular weight is 272 g/mol. The Labute approximate surface area is 104 Å². The molecule has 0 atom stereocenters. The van der Waals surface area contributed by atoms with E-state index < -0.39 is 17.0 Å². The third kappa shape index (κ3) is 2.92. The first kappa shape index (κ1) is 12.7. The highest BCUT2D eigenvalue weighted by Gasteiger charge is 2.35. The molecule has 0 N–H and O–H groups in total. The number of pyridine rings is 1. The van der Waals surface area contributed by atoms with Crippen LogP contribution in [0, 0.1) is 0 Å². The molecule has 18 heavy (non-hydrogen) atoms. The molecule has 2 heterocycles. The van der Waals surface area contributed by atoms with E-state index in [0.29, 0.717) is 16.9 Å². The zero-order valence-corrected chi connectivity index (χ0v) is 9.76. The van der Waals surface area contributed by atoms with Gasteiger partial charge in [-0.05, 0) is 11.6 Å². The molecule has 2 aromatic rings. The molecule has 0 unspecified atom stereocenters. The van der Waals surface area contributed by atoms with E-state index in [-0.39, 0.29) is 11.3 Å². The average Bonchev–Trinajstić information content (AvgIpc) is 2.79. The molecule has 2 aromatic heterocycles. The van der Waals surface area contributed by atoms with E-state index in [1.54, 1.807) is 18.3 Å². The maximum atomic E-state index is 12.3. The molecule has 0 saturated carbocycles. The molecular formula is C11H7F3N2OS. The van der Waals surface area contributed by atoms with Gasteiger partial charge >= 0.3 is 6.18 Å². The maximum Gasteiger partial charge on any atom is 0.443 e. The van der Waals surface area contributed by atoms with E-state index in [4.69, 9.17) is 0 Å². The summed E-state index contributed by atoms with van der Waals surface area (Å²) in [5.41, 5.74) is 0.657. The molecule has 3 nitrogen and oxygen atoms in total. The molecule has 0 aliphatic heterocycles. The van der Waals surface area contributed by atoms with Crippen LogP contribution in [0.1, 0.15) is 20.2 Å². The Morgan fingerprint density at radius 1 is 1.33 bits per heavy atom. The Kier molecular flexibility index (Phi) is 3.42. The molecule has 0 amide bonds. The number of hydrogen-bond donors (Lipinski definition) is 0. The van der Waals surface area contributed by atoms with Crippen molar-refractivity contribution < 1.29 is 18.0 Å². The Hall–Kier alpha value is -1.76. The van der Waals surface area contributed by atoms with Crippen LogP contribution in [0.15, 0.2) is 30.7 Å². The largest absolute Gasteiger partial charge is 0.443 e. The van der Waals surface area contributed by atoms with Crippen molar-refractivity contribution in [2.45, 2.75) is 12.6 Å². The van der Waals surface area contributed by atoms with Crippen LogP contribution in [0.3, 0.4) is 0 Å². The van der Waals surface area contributed by atoms with Crippen molar-refractivity contribution in [3.8, 4) is 0 Å². The van der Waals surface area contributed by atoms with Crippen molar-refractivity contribution in [2.75, 3.05) is 0 Å². The van der Waals surface area contributed by atoms with Crippen LogP contribution in [-0.2, 0) is 12.6 Å². The zero-order valence-electron chi connectivity index (χ0n) is 8.94. The number of thiazole rings is 1. The molecule has 0 aliphatic carbocycles. The number of rotatable bonds is 3. The highest BCUT2D eigenvalue weighted by Crippen LogP contribution is 2.32. The summed E-state index contributed by atoms with van der Waals surface area (Å²) in [5, 5.41) is -1.00. The van der Waals surface area contributed by atoms with Gasteiger partial charge in [-0.2, -0.15) is 13.2 Å². The van der Waals surface area contributed by atoms with Crippen LogP contribution in [0.4, 0.5) is 13.2 Å². The molecule has 0 spiro atoms. The molecule has 0 fully saturated rings. The number of hydrogen-bond acceptors (Lipinski definition) is 4. The smallest absolute Gasteiger partial charge is 0.293 e. The van der Waals surface area contributed by atoms with E-state index in [9.17, 15) is 18.0 Å². The van der Waals surface area contributed by atoms with Gasteiger partial charge in [0.05, 0.1) is 4.88 Å². The van der Waals surface area contributed by atoms with Gasteiger partial charge in [-0.25, -0.2) is 4.98 Å². The van der Waals surface area contributed by atoms with Gasteiger partial charge in [-0.3, -0.25) is 9.78 Å². The third-order valence-electron chi connectivity index (χ3n) is 2.11. The summed E-state index contributed by atoms with van der Waals surface area (Å²) in [6.07, 6.45) is -0.455. The fraction of sp³-hybridized carbons (Fsp3) is 0.182. The van der Waals surface area contributed by atoms with Crippen molar-refractivity contribution in [2.24, 2.45) is 0 Å². The number of Topliss-reactive ketones (excluding diaryl/α,β-unsaturated/α-hetero) is 1. The second-order valence-electron chi connectivity index (χ2n) is 3.49. The zero-order chi connectivity index (χ0) is 13.2. The van der Waals surface area contributed by atoms with Gasteiger partial charge in [0.1, 0.15) is 0 Å². The van der Waals surface area contributed by atoms with Crippen LogP contribution in [0.5, 0.6) is 0 Å². The van der Waals surface area contributed by atoms with Crippen molar-refractivity contribution >= 4 is 17.1 Å². The molecule has 0 aromatic carbocycles. The molecule has 0 radical (unpaired) electrons. The number of aromatic nitrogens is 2. The summed E-state index contributed by atoms with van der Waals surface area (Å²) in [5.74, 6) is -0.393. The summed E-state index contributed by atoms with van der Waals surface area (Å²) in [6, 6.07) is 3.35. The van der Waals surface area contributed by atoms with Gasteiger partial charge in [0.25, 0.3) is 0 Å². The first-order valence-electron chi connectivity index (χ1n) is 4.92. The van der Waals surface area contributed by atoms with Crippen molar-refractivity contribution in [1.29, 1.82) is 0 Å². The first-order valence-corrected chi connectivity index (χ1v) is 5.73. The summed E-state index contributed by atoms with van der Waals surface area (Å²) in [4.78, 5) is 18.8. The topological polar surface area (TPSA) is 42.9 Å². The molecule has 94 valence electrons. The normalized spacial score (nSPS) is 11.5. The number of halogens is 3. The molecule has 2 rings (SSSR count). The number of nitrogens with zero attached hydrogens (tertiary/aromatic N) is 2. The Bertz CT molecular complexity index is 551. The summed E-state index contributed by atoms with van der Waals surface area (Å²) in [7, 11) is 0. The van der Waals surface area contributed by atoms with E-state index in [1.807, 2.05) is 0 Å². The number of ketones is 1. The predicted octanol–water partition coefficient (Wildman–Crippen LogP) is 2.98. The van der Waals surface area contributed by atoms with Crippen molar-refractivity contribution in [1.82, 2.24) is 9.97 Å². The minimum absolute atomic E-state index is 0.00572. The minimum atomic E-state index is -4.50. The molecule has 0 aliphatic rings. The fourth-order valence-corrected chi connectivity index (χ4v) is 2.03. The Morgan fingerprint density at radius 3 is 2.67 bits per heavy atom. The van der Waals surface area contributed by atoms with Gasteiger partial charge in [-0.1, -0.05) is 6.07 Å². The standard InChI is InChI=1S/C11H7F3N2OS/c12-11(13,14)10-16-6-9(18-10)8(17)4-7-2-1-3-15-5-7/h1-3,5-6H,4H2. The van der Waals surface area contributed by atoms with E-state index in [1.165, 1.54) is 6.20 Å². The highest BCUT2D eigenvalue weighted by atomic mass is 32.1. The second kappa shape index (κ2) is 4.85. The fourth-order valence-electron chi connectivity index (χ4n) is 1.31. The number of carbonyl (C=O) groups is 1. The summed E-state index contributed by atoms with van der Waals surface area (Å²) < 4.78 is 37.0. The molecule has 0 saturated heterocycles. The number of carbonyl (C=O) groups excluding carboxylic acids is 1. The van der Waals surface area contributed by atoms with Crippen molar-refractivity contribution in [3.05, 3.63) is 46.2 Å². The molecular weight excluding hydrogens is 265 g/mol. The lowest BCUT2D eigenvalue weighted by atomic mass is 10.1. The van der Waals surface area contributed by atoms with Crippen LogP contribution in [-0.4, -0.2) is 15.8 Å². The second-order valence-corrected chi connectivity index (χ2v) is 4.52. The molecule has 7 heteroatoms. The third-order valence-corrected chi connectivity index (χ3v) is 3.19. The lowest BCUT2D eigenvalue weighted by molar-refractivity contribution is -0.137. The van der Waals surface area contributed by atoms with Crippen LogP contribution in [0.2, 0.25) is 0 Å². The molecule has 0 bridgehead atoms. The maximum absolute atomic E-state index is 12.3. The van der Waals surface area contributed by atoms with Crippen molar-refractivity contribution in [3.63, 3.8) is 0 Å². The van der Waals surface area contributed by atoms with E-state index in [2.05, 4.69) is 9.97 Å². The SMILES string of the molecule is O=C(Cc1cccnc1)c1cnc(C(F)(F)F)s1. The predicted molar refractivity (Wildman–Crippen MR) is 59.4 cm³/mol. The monoisotopic (exact) mass is 272 g/mol. The van der Waals surface area contributed by atoms with E-state index in [0.717, 1.165) is 6.20 Å². The van der Waals surface area contributed by atoms with Gasteiger partial charge in [0.2, 0.25) is 0 Å². The Morgan fingerprint density at radius 2 is 2.11 bits per heavy atom. The minimum Gasteiger partial charge on any atom is -0.293 e. The first-order chi connectivity index (χ1) is 8.47. The highest BCUT2D eigenvalue weighted by molar-refractivity contribution is 7.13. The Balaban J connectivity index is 2.13. The summed E-state index contributed by atoms with van der Waals surface area (Å²) in [6.45, 7) is 0. The quantitative estimate of drug-likeness (QED) is 0.807. The van der Waals surface area contributed by atoms with Gasteiger partial charge < -0.3 is 0 Å². The van der Waals surface area contributed by atoms with E-state index >= 15 is 0 Å². The number of alkyl halides is 3. The summed E-state index contributed by atoms with van der Waals surface area (Å²) >= 11 is 0.361. The van der Waals surface area contributed by atoms with Crippen LogP contribution in [0.25, 0.3) is 0 Å². The van der Waals surface area contributed by atoms with Gasteiger partial charge in [-0.15, -0.1) is 11.3 Å². The van der Waals surface area contributed by atoms with Crippen LogP contribution < -0.4 is 0 Å². The lowest BCUT2D eigenvalue weighted by Crippen LogP contribution is -2.03. The van der Waals surface area contributed by atoms with Gasteiger partial charge in [0.15, 0.2) is 10.8 Å². The lowest BCUT2D eigenvalue weighted by Gasteiger charge is -1.99.